The Morgan fingerprint density at radius 2 is 1.85 bits per heavy atom. The van der Waals surface area contributed by atoms with Crippen molar-refractivity contribution < 1.29 is 9.90 Å². The topological polar surface area (TPSA) is 64.9 Å². The highest BCUT2D eigenvalue weighted by Gasteiger charge is 2.18. The first-order chi connectivity index (χ1) is 9.56. The summed E-state index contributed by atoms with van der Waals surface area (Å²) < 4.78 is 0. The second-order valence-electron chi connectivity index (χ2n) is 5.37. The van der Waals surface area contributed by atoms with E-state index in [0.717, 1.165) is 31.4 Å². The summed E-state index contributed by atoms with van der Waals surface area (Å²) in [7, 11) is 4.24. The van der Waals surface area contributed by atoms with E-state index in [-0.39, 0.29) is 5.56 Å². The van der Waals surface area contributed by atoms with Gasteiger partial charge in [-0.15, -0.1) is 0 Å². The van der Waals surface area contributed by atoms with E-state index in [0.29, 0.717) is 6.04 Å². The number of hydrazone groups is 1. The van der Waals surface area contributed by atoms with Crippen LogP contribution in [0.25, 0.3) is 0 Å². The number of hydrogen-bond acceptors (Lipinski definition) is 4. The molecule has 1 aliphatic carbocycles. The van der Waals surface area contributed by atoms with Gasteiger partial charge in [0.15, 0.2) is 0 Å². The molecule has 0 amide bonds. The van der Waals surface area contributed by atoms with Crippen LogP contribution in [0, 0.1) is 0 Å². The van der Waals surface area contributed by atoms with Crippen molar-refractivity contribution in [2.45, 2.75) is 31.7 Å². The fourth-order valence-corrected chi connectivity index (χ4v) is 2.39. The Hall–Kier alpha value is -1.88. The highest BCUT2D eigenvalue weighted by molar-refractivity contribution is 5.88. The third-order valence-corrected chi connectivity index (χ3v) is 3.74. The lowest BCUT2D eigenvalue weighted by Crippen LogP contribution is -2.32. The summed E-state index contributed by atoms with van der Waals surface area (Å²) in [5.74, 6) is -0.912. The Morgan fingerprint density at radius 3 is 2.35 bits per heavy atom. The molecule has 1 aliphatic rings. The number of aromatic carboxylic acids is 1. The van der Waals surface area contributed by atoms with Crippen LogP contribution < -0.4 is 5.43 Å². The number of carbonyl (C=O) groups is 1. The van der Waals surface area contributed by atoms with Gasteiger partial charge in [0.2, 0.25) is 0 Å². The zero-order chi connectivity index (χ0) is 14.5. The molecule has 2 N–H and O–H groups in total. The first-order valence-corrected chi connectivity index (χ1v) is 6.87. The van der Waals surface area contributed by atoms with Crippen LogP contribution in [0.15, 0.2) is 29.4 Å². The average Bonchev–Trinajstić information content (AvgIpc) is 2.46. The number of nitrogens with zero attached hydrogens (tertiary/aromatic N) is 2. The normalized spacial score (nSPS) is 18.9. The predicted octanol–water partition coefficient (Wildman–Crippen LogP) is 2.66. The molecule has 0 aromatic heterocycles. The third kappa shape index (κ3) is 3.81. The van der Waals surface area contributed by atoms with Gasteiger partial charge in [-0.05, 0) is 64.0 Å². The van der Waals surface area contributed by atoms with E-state index in [2.05, 4.69) is 29.5 Å². The molecule has 0 saturated heterocycles. The quantitative estimate of drug-likeness (QED) is 0.829. The number of carboxylic acids is 1. The van der Waals surface area contributed by atoms with Crippen LogP contribution in [0.5, 0.6) is 0 Å². The van der Waals surface area contributed by atoms with Crippen molar-refractivity contribution in [3.63, 3.8) is 0 Å². The van der Waals surface area contributed by atoms with Crippen LogP contribution in [0.2, 0.25) is 0 Å². The smallest absolute Gasteiger partial charge is 0.335 e. The maximum atomic E-state index is 10.8. The molecule has 5 nitrogen and oxygen atoms in total. The van der Waals surface area contributed by atoms with E-state index in [1.165, 1.54) is 5.71 Å². The molecule has 20 heavy (non-hydrogen) atoms. The fraction of sp³-hybridized carbons (Fsp3) is 0.467. The number of rotatable bonds is 4. The number of hydrogen-bond donors (Lipinski definition) is 2. The van der Waals surface area contributed by atoms with Gasteiger partial charge in [0, 0.05) is 11.8 Å². The zero-order valence-electron chi connectivity index (χ0n) is 12.0. The molecule has 2 rings (SSSR count). The second kappa shape index (κ2) is 6.52. The van der Waals surface area contributed by atoms with E-state index in [1.54, 1.807) is 24.3 Å². The van der Waals surface area contributed by atoms with Crippen molar-refractivity contribution in [2.75, 3.05) is 19.5 Å². The van der Waals surface area contributed by atoms with Crippen molar-refractivity contribution in [1.82, 2.24) is 4.90 Å². The number of benzene rings is 1. The molecule has 1 fully saturated rings. The van der Waals surface area contributed by atoms with Crippen LogP contribution in [0.1, 0.15) is 36.0 Å². The maximum absolute atomic E-state index is 10.8. The molecule has 108 valence electrons. The molecule has 0 aliphatic heterocycles. The lowest BCUT2D eigenvalue weighted by Gasteiger charge is -2.28. The molecule has 0 heterocycles. The Bertz CT molecular complexity index is 484. The zero-order valence-corrected chi connectivity index (χ0v) is 12.0. The lowest BCUT2D eigenvalue weighted by atomic mass is 9.93. The minimum Gasteiger partial charge on any atom is -0.478 e. The standard InChI is InChI=1S/C15H21N3O2/c1-18(2)14-9-7-13(8-10-14)17-16-12-5-3-11(4-6-12)15(19)20/h3-6,14,16H,7-10H2,1-2H3,(H,19,20). The summed E-state index contributed by atoms with van der Waals surface area (Å²) in [5, 5.41) is 13.2. The van der Waals surface area contributed by atoms with Crippen LogP contribution >= 0.6 is 0 Å². The van der Waals surface area contributed by atoms with Gasteiger partial charge in [-0.2, -0.15) is 5.10 Å². The van der Waals surface area contributed by atoms with Gasteiger partial charge in [0.25, 0.3) is 0 Å². The first kappa shape index (κ1) is 14.5. The summed E-state index contributed by atoms with van der Waals surface area (Å²) in [6.07, 6.45) is 4.32. The van der Waals surface area contributed by atoms with Gasteiger partial charge in [-0.25, -0.2) is 4.79 Å². The van der Waals surface area contributed by atoms with Crippen molar-refractivity contribution in [2.24, 2.45) is 5.10 Å². The first-order valence-electron chi connectivity index (χ1n) is 6.87. The Labute approximate surface area is 119 Å². The Morgan fingerprint density at radius 1 is 1.25 bits per heavy atom. The molecule has 0 atom stereocenters. The van der Waals surface area contributed by atoms with Crippen molar-refractivity contribution >= 4 is 17.4 Å². The predicted molar refractivity (Wildman–Crippen MR) is 80.4 cm³/mol. The minimum absolute atomic E-state index is 0.287. The van der Waals surface area contributed by atoms with Crippen molar-refractivity contribution in [3.8, 4) is 0 Å². The molecule has 0 spiro atoms. The largest absolute Gasteiger partial charge is 0.478 e. The molecule has 0 unspecified atom stereocenters. The molecule has 1 aromatic rings. The SMILES string of the molecule is CN(C)C1CCC(=NNc2ccc(C(=O)O)cc2)CC1. The fourth-order valence-electron chi connectivity index (χ4n) is 2.39. The van der Waals surface area contributed by atoms with Crippen LogP contribution in [0.3, 0.4) is 0 Å². The Balaban J connectivity index is 1.88. The summed E-state index contributed by atoms with van der Waals surface area (Å²) in [4.78, 5) is 13.0. The van der Waals surface area contributed by atoms with Crippen molar-refractivity contribution in [1.29, 1.82) is 0 Å². The van der Waals surface area contributed by atoms with Gasteiger partial charge in [0.05, 0.1) is 11.3 Å². The van der Waals surface area contributed by atoms with E-state index in [9.17, 15) is 4.79 Å². The van der Waals surface area contributed by atoms with E-state index >= 15 is 0 Å². The van der Waals surface area contributed by atoms with Crippen LogP contribution in [-0.2, 0) is 0 Å². The third-order valence-electron chi connectivity index (χ3n) is 3.74. The summed E-state index contributed by atoms with van der Waals surface area (Å²) in [6.45, 7) is 0. The molecule has 1 aromatic carbocycles. The van der Waals surface area contributed by atoms with Gasteiger partial charge >= 0.3 is 5.97 Å². The molecular weight excluding hydrogens is 254 g/mol. The average molecular weight is 275 g/mol. The summed E-state index contributed by atoms with van der Waals surface area (Å²) >= 11 is 0. The van der Waals surface area contributed by atoms with E-state index < -0.39 is 5.97 Å². The van der Waals surface area contributed by atoms with Gasteiger partial charge in [-0.1, -0.05) is 0 Å². The van der Waals surface area contributed by atoms with E-state index in [1.807, 2.05) is 0 Å². The van der Waals surface area contributed by atoms with Crippen LogP contribution in [0.4, 0.5) is 5.69 Å². The molecule has 1 saturated carbocycles. The number of anilines is 1. The highest BCUT2D eigenvalue weighted by Crippen LogP contribution is 2.20. The highest BCUT2D eigenvalue weighted by atomic mass is 16.4. The maximum Gasteiger partial charge on any atom is 0.335 e. The van der Waals surface area contributed by atoms with Gasteiger partial charge in [-0.3, -0.25) is 5.43 Å². The van der Waals surface area contributed by atoms with Gasteiger partial charge in [0.1, 0.15) is 0 Å². The molecule has 5 heteroatoms. The van der Waals surface area contributed by atoms with Gasteiger partial charge < -0.3 is 10.0 Å². The molecule has 0 bridgehead atoms. The Kier molecular flexibility index (Phi) is 4.74. The van der Waals surface area contributed by atoms with Crippen molar-refractivity contribution in [3.05, 3.63) is 29.8 Å². The molecule has 0 radical (unpaired) electrons. The monoisotopic (exact) mass is 275 g/mol. The lowest BCUT2D eigenvalue weighted by molar-refractivity contribution is 0.0697. The number of carboxylic acid groups (broad SMARTS) is 1. The van der Waals surface area contributed by atoms with E-state index in [4.69, 9.17) is 5.11 Å². The molecular formula is C15H21N3O2. The van der Waals surface area contributed by atoms with Crippen LogP contribution in [-0.4, -0.2) is 41.8 Å². The summed E-state index contributed by atoms with van der Waals surface area (Å²) in [6, 6.07) is 7.28. The minimum atomic E-state index is -0.912. The number of nitrogens with one attached hydrogen (secondary N) is 1. The second-order valence-corrected chi connectivity index (χ2v) is 5.37. The summed E-state index contributed by atoms with van der Waals surface area (Å²) in [5.41, 5.74) is 5.30.